The van der Waals surface area contributed by atoms with Crippen LogP contribution in [0.2, 0.25) is 0 Å². The quantitative estimate of drug-likeness (QED) is 0.508. The van der Waals surface area contributed by atoms with Crippen molar-refractivity contribution in [2.24, 2.45) is 0 Å². The third-order valence-electron chi connectivity index (χ3n) is 3.00. The molecule has 0 amide bonds. The lowest BCUT2D eigenvalue weighted by atomic mass is 10.1. The minimum atomic E-state index is -0.122. The molecule has 0 radical (unpaired) electrons. The molecule has 0 N–H and O–H groups in total. The van der Waals surface area contributed by atoms with Gasteiger partial charge in [-0.3, -0.25) is 9.59 Å². The summed E-state index contributed by atoms with van der Waals surface area (Å²) in [6.07, 6.45) is 5.00. The van der Waals surface area contributed by atoms with Gasteiger partial charge in [-0.25, -0.2) is 0 Å². The van der Waals surface area contributed by atoms with E-state index < -0.39 is 0 Å². The van der Waals surface area contributed by atoms with Crippen LogP contribution in [0.15, 0.2) is 0 Å². The van der Waals surface area contributed by atoms with Gasteiger partial charge >= 0.3 is 5.97 Å². The van der Waals surface area contributed by atoms with E-state index in [-0.39, 0.29) is 5.97 Å². The van der Waals surface area contributed by atoms with Crippen molar-refractivity contribution < 1.29 is 14.3 Å². The van der Waals surface area contributed by atoms with E-state index in [4.69, 9.17) is 0 Å². The molecule has 0 aromatic heterocycles. The second-order valence-electron chi connectivity index (χ2n) is 4.27. The van der Waals surface area contributed by atoms with Crippen LogP contribution >= 0.6 is 0 Å². The second-order valence-corrected chi connectivity index (χ2v) is 4.27. The fraction of sp³-hybridized carbons (Fsp3) is 0.833. The maximum atomic E-state index is 11.0. The molecule has 0 saturated carbocycles. The van der Waals surface area contributed by atoms with Crippen LogP contribution < -0.4 is 0 Å². The summed E-state index contributed by atoms with van der Waals surface area (Å²) in [5, 5.41) is 0. The molecule has 0 bridgehead atoms. The normalized spacial score (nSPS) is 17.4. The maximum absolute atomic E-state index is 11.0. The average Bonchev–Trinajstić information content (AvgIpc) is 2.31. The molecule has 0 aliphatic carbocycles. The van der Waals surface area contributed by atoms with E-state index in [0.29, 0.717) is 25.0 Å². The highest BCUT2D eigenvalue weighted by atomic mass is 16.5. The molecule has 0 spiro atoms. The topological polar surface area (TPSA) is 46.6 Å². The summed E-state index contributed by atoms with van der Waals surface area (Å²) in [6, 6.07) is 0. The lowest BCUT2D eigenvalue weighted by molar-refractivity contribution is -0.140. The zero-order valence-electron chi connectivity index (χ0n) is 10.0. The number of hydrogen-bond acceptors (Lipinski definition) is 4. The largest absolute Gasteiger partial charge is 0.469 e. The van der Waals surface area contributed by atoms with Crippen LogP contribution in [0.1, 0.15) is 38.5 Å². The molecule has 1 fully saturated rings. The van der Waals surface area contributed by atoms with Gasteiger partial charge in [-0.2, -0.15) is 0 Å². The number of esters is 1. The number of unbranched alkanes of at least 4 members (excludes halogenated alkanes) is 2. The smallest absolute Gasteiger partial charge is 0.305 e. The molecule has 0 unspecified atom stereocenters. The van der Waals surface area contributed by atoms with Crippen molar-refractivity contribution in [3.05, 3.63) is 0 Å². The Morgan fingerprint density at radius 2 is 1.94 bits per heavy atom. The van der Waals surface area contributed by atoms with Gasteiger partial charge in [-0.1, -0.05) is 6.42 Å². The highest BCUT2D eigenvalue weighted by Crippen LogP contribution is 2.08. The Hall–Kier alpha value is -0.900. The average molecular weight is 227 g/mol. The summed E-state index contributed by atoms with van der Waals surface area (Å²) in [5.41, 5.74) is 0. The summed E-state index contributed by atoms with van der Waals surface area (Å²) in [7, 11) is 1.42. The van der Waals surface area contributed by atoms with Gasteiger partial charge in [0.1, 0.15) is 5.78 Å². The number of hydrogen-bond donors (Lipinski definition) is 0. The lowest BCUT2D eigenvalue weighted by Crippen LogP contribution is -2.34. The fourth-order valence-electron chi connectivity index (χ4n) is 1.91. The first-order valence-electron chi connectivity index (χ1n) is 6.03. The molecule has 1 aliphatic heterocycles. The third kappa shape index (κ3) is 5.26. The van der Waals surface area contributed by atoms with E-state index in [0.717, 1.165) is 38.9 Å². The fourth-order valence-corrected chi connectivity index (χ4v) is 1.91. The molecule has 4 nitrogen and oxygen atoms in total. The number of nitrogens with zero attached hydrogens (tertiary/aromatic N) is 1. The van der Waals surface area contributed by atoms with Crippen LogP contribution in [0.25, 0.3) is 0 Å². The first-order valence-corrected chi connectivity index (χ1v) is 6.03. The zero-order chi connectivity index (χ0) is 11.8. The van der Waals surface area contributed by atoms with Gasteiger partial charge in [0.15, 0.2) is 0 Å². The molecule has 16 heavy (non-hydrogen) atoms. The monoisotopic (exact) mass is 227 g/mol. The minimum absolute atomic E-state index is 0.122. The van der Waals surface area contributed by atoms with Gasteiger partial charge in [-0.15, -0.1) is 0 Å². The third-order valence-corrected chi connectivity index (χ3v) is 3.00. The van der Waals surface area contributed by atoms with Crippen molar-refractivity contribution >= 4 is 11.8 Å². The molecule has 1 rings (SSSR count). The molecule has 0 atom stereocenters. The summed E-state index contributed by atoms with van der Waals surface area (Å²) in [5.74, 6) is 0.269. The van der Waals surface area contributed by atoms with Crippen LogP contribution in [0, 0.1) is 0 Å². The van der Waals surface area contributed by atoms with Crippen LogP contribution in [0.4, 0.5) is 0 Å². The molecular weight excluding hydrogens is 206 g/mol. The SMILES string of the molecule is COC(=O)CCCCCN1CCC(=O)CC1. The van der Waals surface area contributed by atoms with Gasteiger partial charge in [0.05, 0.1) is 7.11 Å². The highest BCUT2D eigenvalue weighted by Gasteiger charge is 2.14. The second kappa shape index (κ2) is 7.39. The van der Waals surface area contributed by atoms with Crippen LogP contribution in [0.3, 0.4) is 0 Å². The van der Waals surface area contributed by atoms with Gasteiger partial charge in [0.25, 0.3) is 0 Å². The Morgan fingerprint density at radius 3 is 2.56 bits per heavy atom. The minimum Gasteiger partial charge on any atom is -0.469 e. The van der Waals surface area contributed by atoms with Gasteiger partial charge in [0, 0.05) is 32.4 Å². The Kier molecular flexibility index (Phi) is 6.08. The number of likely N-dealkylation sites (tertiary alicyclic amines) is 1. The van der Waals surface area contributed by atoms with Crippen molar-refractivity contribution in [3.63, 3.8) is 0 Å². The predicted molar refractivity (Wildman–Crippen MR) is 61.2 cm³/mol. The molecule has 0 aromatic rings. The molecule has 1 heterocycles. The predicted octanol–water partition coefficient (Wildman–Crippen LogP) is 1.38. The number of carbonyl (C=O) groups excluding carboxylic acids is 2. The van der Waals surface area contributed by atoms with E-state index in [1.165, 1.54) is 7.11 Å². The first-order chi connectivity index (χ1) is 7.72. The van der Waals surface area contributed by atoms with Gasteiger partial charge in [0.2, 0.25) is 0 Å². The standard InChI is InChI=1S/C12H21NO3/c1-16-12(15)5-3-2-4-8-13-9-6-11(14)7-10-13/h2-10H2,1H3. The summed E-state index contributed by atoms with van der Waals surface area (Å²) >= 11 is 0. The maximum Gasteiger partial charge on any atom is 0.305 e. The van der Waals surface area contributed by atoms with E-state index in [2.05, 4.69) is 9.64 Å². The highest BCUT2D eigenvalue weighted by molar-refractivity contribution is 5.79. The van der Waals surface area contributed by atoms with E-state index in [1.54, 1.807) is 0 Å². The number of methoxy groups -OCH3 is 1. The lowest BCUT2D eigenvalue weighted by Gasteiger charge is -2.25. The molecule has 1 saturated heterocycles. The summed E-state index contributed by atoms with van der Waals surface area (Å²) < 4.78 is 4.57. The summed E-state index contributed by atoms with van der Waals surface area (Å²) in [6.45, 7) is 2.88. The van der Waals surface area contributed by atoms with E-state index >= 15 is 0 Å². The first kappa shape index (κ1) is 13.2. The van der Waals surface area contributed by atoms with Crippen LogP contribution in [-0.4, -0.2) is 43.4 Å². The molecular formula is C12H21NO3. The van der Waals surface area contributed by atoms with Crippen molar-refractivity contribution in [3.8, 4) is 0 Å². The zero-order valence-corrected chi connectivity index (χ0v) is 10.0. The Balaban J connectivity index is 1.95. The van der Waals surface area contributed by atoms with Crippen LogP contribution in [0.5, 0.6) is 0 Å². The molecule has 1 aliphatic rings. The molecule has 0 aromatic carbocycles. The Labute approximate surface area is 96.9 Å². The number of ether oxygens (including phenoxy) is 1. The van der Waals surface area contributed by atoms with E-state index in [1.807, 2.05) is 0 Å². The number of rotatable bonds is 6. The number of piperidine rings is 1. The van der Waals surface area contributed by atoms with Crippen molar-refractivity contribution in [1.29, 1.82) is 0 Å². The van der Waals surface area contributed by atoms with Crippen molar-refractivity contribution in [1.82, 2.24) is 4.90 Å². The van der Waals surface area contributed by atoms with Crippen molar-refractivity contribution in [2.75, 3.05) is 26.7 Å². The van der Waals surface area contributed by atoms with Gasteiger partial charge in [-0.05, 0) is 19.4 Å². The van der Waals surface area contributed by atoms with E-state index in [9.17, 15) is 9.59 Å². The Morgan fingerprint density at radius 1 is 1.25 bits per heavy atom. The van der Waals surface area contributed by atoms with Gasteiger partial charge < -0.3 is 9.64 Å². The summed E-state index contributed by atoms with van der Waals surface area (Å²) in [4.78, 5) is 24.2. The van der Waals surface area contributed by atoms with Crippen molar-refractivity contribution in [2.45, 2.75) is 38.5 Å². The molecule has 4 heteroatoms. The van der Waals surface area contributed by atoms with Crippen LogP contribution in [-0.2, 0) is 14.3 Å². The molecule has 92 valence electrons. The number of Topliss-reactive ketones (excluding diaryl/α,β-unsaturated/α-hetero) is 1. The number of carbonyl (C=O) groups is 2. The number of ketones is 1. The Bertz CT molecular complexity index is 230.